The van der Waals surface area contributed by atoms with Gasteiger partial charge in [0.25, 0.3) is 0 Å². The van der Waals surface area contributed by atoms with Gasteiger partial charge in [0.1, 0.15) is 0 Å². The molecule has 0 bridgehead atoms. The molecule has 0 aromatic heterocycles. The predicted octanol–water partition coefficient (Wildman–Crippen LogP) is 3.65. The van der Waals surface area contributed by atoms with Crippen LogP contribution in [-0.4, -0.2) is 7.05 Å². The van der Waals surface area contributed by atoms with Crippen LogP contribution in [0.25, 0.3) is 0 Å². The maximum absolute atomic E-state index is 6.02. The zero-order valence-electron chi connectivity index (χ0n) is 10.6. The Morgan fingerprint density at radius 3 is 2.06 bits per heavy atom. The minimum atomic E-state index is 0.803. The fraction of sp³-hybridized carbons (Fsp3) is 0.200. The summed E-state index contributed by atoms with van der Waals surface area (Å²) in [6, 6.07) is 14.3. The Kier molecular flexibility index (Phi) is 3.05. The summed E-state index contributed by atoms with van der Waals surface area (Å²) < 4.78 is 0. The Labute approximate surface area is 103 Å². The Hall–Kier alpha value is -1.96. The minimum absolute atomic E-state index is 0.803. The Bertz CT molecular complexity index is 512. The zero-order valence-corrected chi connectivity index (χ0v) is 10.6. The molecule has 2 N–H and O–H groups in total. The summed E-state index contributed by atoms with van der Waals surface area (Å²) in [5, 5.41) is 0. The molecule has 2 heteroatoms. The van der Waals surface area contributed by atoms with Crippen LogP contribution in [0.3, 0.4) is 0 Å². The monoisotopic (exact) mass is 226 g/mol. The lowest BCUT2D eigenvalue weighted by molar-refractivity contribution is 1.16. The van der Waals surface area contributed by atoms with Crippen LogP contribution in [0.5, 0.6) is 0 Å². The van der Waals surface area contributed by atoms with E-state index < -0.39 is 0 Å². The number of anilines is 3. The molecule has 0 spiro atoms. The first-order valence-electron chi connectivity index (χ1n) is 5.75. The Morgan fingerprint density at radius 2 is 1.47 bits per heavy atom. The number of nitrogens with two attached hydrogens (primary N) is 1. The summed E-state index contributed by atoms with van der Waals surface area (Å²) in [5.74, 6) is 0. The highest BCUT2D eigenvalue weighted by atomic mass is 15.1. The number of para-hydroxylation sites is 3. The molecule has 2 rings (SSSR count). The molecule has 2 aromatic carbocycles. The lowest BCUT2D eigenvalue weighted by Gasteiger charge is -2.25. The average molecular weight is 226 g/mol. The van der Waals surface area contributed by atoms with E-state index in [4.69, 9.17) is 5.73 Å². The average Bonchev–Trinajstić information content (AvgIpc) is 2.29. The number of nitrogens with zero attached hydrogens (tertiary/aromatic N) is 1. The summed E-state index contributed by atoms with van der Waals surface area (Å²) in [4.78, 5) is 2.15. The third-order valence-electron chi connectivity index (χ3n) is 3.07. The van der Waals surface area contributed by atoms with Crippen molar-refractivity contribution in [3.8, 4) is 0 Å². The van der Waals surface area contributed by atoms with E-state index >= 15 is 0 Å². The Balaban J connectivity index is 2.51. The number of aryl methyl sites for hydroxylation is 2. The van der Waals surface area contributed by atoms with Gasteiger partial charge in [0.05, 0.1) is 11.4 Å². The molecule has 0 saturated heterocycles. The summed E-state index contributed by atoms with van der Waals surface area (Å²) >= 11 is 0. The van der Waals surface area contributed by atoms with Crippen LogP contribution in [0.15, 0.2) is 42.5 Å². The van der Waals surface area contributed by atoms with Crippen molar-refractivity contribution in [1.29, 1.82) is 0 Å². The van der Waals surface area contributed by atoms with Gasteiger partial charge in [-0.15, -0.1) is 0 Å². The molecule has 0 aliphatic rings. The molecule has 2 nitrogen and oxygen atoms in total. The van der Waals surface area contributed by atoms with Gasteiger partial charge in [0, 0.05) is 12.7 Å². The first-order chi connectivity index (χ1) is 8.11. The van der Waals surface area contributed by atoms with E-state index in [1.807, 2.05) is 24.3 Å². The topological polar surface area (TPSA) is 29.3 Å². The van der Waals surface area contributed by atoms with Crippen LogP contribution < -0.4 is 10.6 Å². The molecule has 0 aliphatic carbocycles. The van der Waals surface area contributed by atoms with Crippen LogP contribution in [0, 0.1) is 13.8 Å². The number of rotatable bonds is 2. The summed E-state index contributed by atoms with van der Waals surface area (Å²) in [6.45, 7) is 4.25. The van der Waals surface area contributed by atoms with Crippen molar-refractivity contribution in [1.82, 2.24) is 0 Å². The van der Waals surface area contributed by atoms with Crippen molar-refractivity contribution in [3.63, 3.8) is 0 Å². The van der Waals surface area contributed by atoms with E-state index in [-0.39, 0.29) is 0 Å². The van der Waals surface area contributed by atoms with Crippen molar-refractivity contribution in [2.45, 2.75) is 13.8 Å². The third kappa shape index (κ3) is 2.11. The first-order valence-corrected chi connectivity index (χ1v) is 5.75. The molecule has 0 fully saturated rings. The summed E-state index contributed by atoms with van der Waals surface area (Å²) in [5.41, 5.74) is 11.6. The van der Waals surface area contributed by atoms with Crippen molar-refractivity contribution >= 4 is 17.1 Å². The molecular weight excluding hydrogens is 208 g/mol. The van der Waals surface area contributed by atoms with Crippen molar-refractivity contribution in [2.75, 3.05) is 17.7 Å². The normalized spacial score (nSPS) is 10.3. The molecule has 2 aromatic rings. The van der Waals surface area contributed by atoms with Crippen LogP contribution in [-0.2, 0) is 0 Å². The highest BCUT2D eigenvalue weighted by Crippen LogP contribution is 2.32. The molecule has 0 atom stereocenters. The fourth-order valence-electron chi connectivity index (χ4n) is 2.25. The van der Waals surface area contributed by atoms with Gasteiger partial charge in [0.2, 0.25) is 0 Å². The number of hydrogen-bond acceptors (Lipinski definition) is 2. The number of benzene rings is 2. The van der Waals surface area contributed by atoms with E-state index in [2.05, 4.69) is 44.0 Å². The van der Waals surface area contributed by atoms with E-state index in [1.54, 1.807) is 0 Å². The van der Waals surface area contributed by atoms with Gasteiger partial charge in [-0.1, -0.05) is 30.3 Å². The molecule has 0 radical (unpaired) electrons. The molecule has 0 saturated carbocycles. The standard InChI is InChI=1S/C15H18N2/c1-11-7-6-8-12(2)15(11)17(3)14-10-5-4-9-13(14)16/h4-10H,16H2,1-3H3. The molecule has 0 amide bonds. The summed E-state index contributed by atoms with van der Waals surface area (Å²) in [6.07, 6.45) is 0. The maximum Gasteiger partial charge on any atom is 0.0641 e. The van der Waals surface area contributed by atoms with Crippen molar-refractivity contribution < 1.29 is 0 Å². The van der Waals surface area contributed by atoms with Crippen molar-refractivity contribution in [3.05, 3.63) is 53.6 Å². The maximum atomic E-state index is 6.02. The van der Waals surface area contributed by atoms with Gasteiger partial charge >= 0.3 is 0 Å². The zero-order chi connectivity index (χ0) is 12.4. The van der Waals surface area contributed by atoms with Gasteiger partial charge in [-0.3, -0.25) is 0 Å². The number of hydrogen-bond donors (Lipinski definition) is 1. The second kappa shape index (κ2) is 4.50. The minimum Gasteiger partial charge on any atom is -0.397 e. The second-order valence-corrected chi connectivity index (χ2v) is 4.36. The molecule has 0 aliphatic heterocycles. The molecule has 17 heavy (non-hydrogen) atoms. The van der Waals surface area contributed by atoms with E-state index in [0.717, 1.165) is 11.4 Å². The fourth-order valence-corrected chi connectivity index (χ4v) is 2.25. The van der Waals surface area contributed by atoms with E-state index in [9.17, 15) is 0 Å². The largest absolute Gasteiger partial charge is 0.397 e. The van der Waals surface area contributed by atoms with Gasteiger partial charge < -0.3 is 10.6 Å². The quantitative estimate of drug-likeness (QED) is 0.792. The van der Waals surface area contributed by atoms with Crippen LogP contribution in [0.4, 0.5) is 17.1 Å². The summed E-state index contributed by atoms with van der Waals surface area (Å²) in [7, 11) is 2.06. The molecule has 0 unspecified atom stereocenters. The highest BCUT2D eigenvalue weighted by molar-refractivity contribution is 5.77. The Morgan fingerprint density at radius 1 is 0.882 bits per heavy atom. The SMILES string of the molecule is Cc1cccc(C)c1N(C)c1ccccc1N. The predicted molar refractivity (Wildman–Crippen MR) is 74.8 cm³/mol. The van der Waals surface area contributed by atoms with Gasteiger partial charge in [-0.05, 0) is 37.1 Å². The van der Waals surface area contributed by atoms with E-state index in [1.165, 1.54) is 16.8 Å². The van der Waals surface area contributed by atoms with E-state index in [0.29, 0.717) is 0 Å². The van der Waals surface area contributed by atoms with Gasteiger partial charge in [0.15, 0.2) is 0 Å². The van der Waals surface area contributed by atoms with Gasteiger partial charge in [-0.2, -0.15) is 0 Å². The van der Waals surface area contributed by atoms with Crippen LogP contribution in [0.2, 0.25) is 0 Å². The third-order valence-corrected chi connectivity index (χ3v) is 3.07. The molecule has 88 valence electrons. The van der Waals surface area contributed by atoms with Gasteiger partial charge in [-0.25, -0.2) is 0 Å². The number of nitrogen functional groups attached to an aromatic ring is 1. The van der Waals surface area contributed by atoms with Crippen LogP contribution >= 0.6 is 0 Å². The lowest BCUT2D eigenvalue weighted by Crippen LogP contribution is -2.14. The smallest absolute Gasteiger partial charge is 0.0641 e. The first kappa shape index (κ1) is 11.5. The second-order valence-electron chi connectivity index (χ2n) is 4.36. The van der Waals surface area contributed by atoms with Crippen molar-refractivity contribution in [2.24, 2.45) is 0 Å². The lowest BCUT2D eigenvalue weighted by atomic mass is 10.1. The molecule has 0 heterocycles. The highest BCUT2D eigenvalue weighted by Gasteiger charge is 2.11. The molecular formula is C15H18N2. The van der Waals surface area contributed by atoms with Crippen LogP contribution in [0.1, 0.15) is 11.1 Å².